The quantitative estimate of drug-likeness (QED) is 0.741. The molecule has 0 spiro atoms. The standard InChI is InChI=1S/C17H21F3N2O4/c1-2-25-15(23)12-21-8-3-9-22(11-10-21)16(24)13-4-6-14(7-5-13)26-17(18,19)20/h4-7H,2-3,8-12H2,1H3. The van der Waals surface area contributed by atoms with Crippen molar-refractivity contribution in [3.63, 3.8) is 0 Å². The summed E-state index contributed by atoms with van der Waals surface area (Å²) in [5.41, 5.74) is 0.290. The van der Waals surface area contributed by atoms with Crippen LogP contribution < -0.4 is 4.74 Å². The van der Waals surface area contributed by atoms with Crippen molar-refractivity contribution in [2.75, 3.05) is 39.3 Å². The molecule has 0 radical (unpaired) electrons. The lowest BCUT2D eigenvalue weighted by molar-refractivity contribution is -0.274. The molecule has 1 aliphatic heterocycles. The fraction of sp³-hybridized carbons (Fsp3) is 0.529. The van der Waals surface area contributed by atoms with Crippen LogP contribution in [0.25, 0.3) is 0 Å². The fourth-order valence-corrected chi connectivity index (χ4v) is 2.70. The zero-order valence-corrected chi connectivity index (χ0v) is 14.4. The minimum absolute atomic E-state index is 0.180. The third-order valence-electron chi connectivity index (χ3n) is 3.87. The molecule has 144 valence electrons. The van der Waals surface area contributed by atoms with Crippen LogP contribution in [0.3, 0.4) is 0 Å². The van der Waals surface area contributed by atoms with Gasteiger partial charge in [-0.1, -0.05) is 0 Å². The van der Waals surface area contributed by atoms with Crippen molar-refractivity contribution >= 4 is 11.9 Å². The van der Waals surface area contributed by atoms with E-state index in [9.17, 15) is 22.8 Å². The molecule has 0 bridgehead atoms. The summed E-state index contributed by atoms with van der Waals surface area (Å²) in [6.45, 7) is 4.38. The molecule has 1 saturated heterocycles. The second kappa shape index (κ2) is 8.88. The third-order valence-corrected chi connectivity index (χ3v) is 3.87. The molecule has 2 rings (SSSR count). The van der Waals surface area contributed by atoms with Crippen LogP contribution in [0.2, 0.25) is 0 Å². The largest absolute Gasteiger partial charge is 0.573 e. The minimum Gasteiger partial charge on any atom is -0.465 e. The summed E-state index contributed by atoms with van der Waals surface area (Å²) >= 11 is 0. The predicted molar refractivity (Wildman–Crippen MR) is 86.7 cm³/mol. The molecule has 26 heavy (non-hydrogen) atoms. The van der Waals surface area contributed by atoms with Gasteiger partial charge in [0.2, 0.25) is 0 Å². The number of ether oxygens (including phenoxy) is 2. The zero-order valence-electron chi connectivity index (χ0n) is 14.4. The molecule has 1 aromatic rings. The topological polar surface area (TPSA) is 59.1 Å². The van der Waals surface area contributed by atoms with Crippen LogP contribution in [-0.2, 0) is 9.53 Å². The van der Waals surface area contributed by atoms with Crippen LogP contribution in [0.1, 0.15) is 23.7 Å². The van der Waals surface area contributed by atoms with Crippen LogP contribution in [0.4, 0.5) is 13.2 Å². The second-order valence-corrected chi connectivity index (χ2v) is 5.80. The number of carbonyl (C=O) groups excluding carboxylic acids is 2. The van der Waals surface area contributed by atoms with Gasteiger partial charge in [-0.15, -0.1) is 13.2 Å². The first-order chi connectivity index (χ1) is 12.3. The highest BCUT2D eigenvalue weighted by Gasteiger charge is 2.31. The maximum atomic E-state index is 12.5. The molecule has 9 heteroatoms. The molecule has 1 amide bonds. The molecule has 1 aromatic carbocycles. The Morgan fingerprint density at radius 1 is 1.08 bits per heavy atom. The minimum atomic E-state index is -4.77. The number of amides is 1. The summed E-state index contributed by atoms with van der Waals surface area (Å²) in [7, 11) is 0. The number of alkyl halides is 3. The maximum absolute atomic E-state index is 12.5. The van der Waals surface area contributed by atoms with Gasteiger partial charge in [-0.25, -0.2) is 0 Å². The van der Waals surface area contributed by atoms with Gasteiger partial charge < -0.3 is 14.4 Å². The Hall–Kier alpha value is -2.29. The Morgan fingerprint density at radius 3 is 2.38 bits per heavy atom. The van der Waals surface area contributed by atoms with Crippen molar-refractivity contribution in [1.29, 1.82) is 0 Å². The lowest BCUT2D eigenvalue weighted by Gasteiger charge is -2.21. The maximum Gasteiger partial charge on any atom is 0.573 e. The summed E-state index contributed by atoms with van der Waals surface area (Å²) < 4.78 is 45.2. The van der Waals surface area contributed by atoms with E-state index in [4.69, 9.17) is 4.74 Å². The Labute approximate surface area is 149 Å². The van der Waals surface area contributed by atoms with Crippen molar-refractivity contribution in [1.82, 2.24) is 9.80 Å². The van der Waals surface area contributed by atoms with E-state index in [2.05, 4.69) is 4.74 Å². The van der Waals surface area contributed by atoms with Crippen LogP contribution in [0.5, 0.6) is 5.75 Å². The van der Waals surface area contributed by atoms with Crippen molar-refractivity contribution < 1.29 is 32.2 Å². The van der Waals surface area contributed by atoms with Crippen molar-refractivity contribution in [2.24, 2.45) is 0 Å². The molecule has 1 heterocycles. The molecule has 0 atom stereocenters. The molecular weight excluding hydrogens is 353 g/mol. The Balaban J connectivity index is 1.92. The highest BCUT2D eigenvalue weighted by atomic mass is 19.4. The first-order valence-corrected chi connectivity index (χ1v) is 8.31. The smallest absolute Gasteiger partial charge is 0.465 e. The summed E-state index contributed by atoms with van der Waals surface area (Å²) in [4.78, 5) is 27.6. The predicted octanol–water partition coefficient (Wildman–Crippen LogP) is 2.30. The number of benzene rings is 1. The second-order valence-electron chi connectivity index (χ2n) is 5.80. The summed E-state index contributed by atoms with van der Waals surface area (Å²) in [6, 6.07) is 4.85. The Kier molecular flexibility index (Phi) is 6.84. The van der Waals surface area contributed by atoms with Gasteiger partial charge in [0.25, 0.3) is 5.91 Å². The van der Waals surface area contributed by atoms with Gasteiger partial charge in [0.1, 0.15) is 5.75 Å². The molecule has 6 nitrogen and oxygen atoms in total. The summed E-state index contributed by atoms with van der Waals surface area (Å²) in [5.74, 6) is -0.931. The van der Waals surface area contributed by atoms with Crippen molar-refractivity contribution in [3.05, 3.63) is 29.8 Å². The van der Waals surface area contributed by atoms with Crippen molar-refractivity contribution in [2.45, 2.75) is 19.7 Å². The van der Waals surface area contributed by atoms with E-state index in [1.165, 1.54) is 12.1 Å². The van der Waals surface area contributed by atoms with Gasteiger partial charge in [0.05, 0.1) is 13.2 Å². The summed E-state index contributed by atoms with van der Waals surface area (Å²) in [6.07, 6.45) is -4.07. The van der Waals surface area contributed by atoms with E-state index >= 15 is 0 Å². The van der Waals surface area contributed by atoms with E-state index in [0.717, 1.165) is 12.1 Å². The zero-order chi connectivity index (χ0) is 19.2. The molecule has 0 N–H and O–H groups in total. The highest BCUT2D eigenvalue weighted by Crippen LogP contribution is 2.23. The molecule has 0 aliphatic carbocycles. The Morgan fingerprint density at radius 2 is 1.77 bits per heavy atom. The van der Waals surface area contributed by atoms with Crippen molar-refractivity contribution in [3.8, 4) is 5.75 Å². The van der Waals surface area contributed by atoms with E-state index in [-0.39, 0.29) is 24.2 Å². The number of halogens is 3. The molecule has 0 saturated carbocycles. The SMILES string of the molecule is CCOC(=O)CN1CCCN(C(=O)c2ccc(OC(F)(F)F)cc2)CC1. The highest BCUT2D eigenvalue weighted by molar-refractivity contribution is 5.94. The van der Waals surface area contributed by atoms with Gasteiger partial charge in [0.15, 0.2) is 0 Å². The van der Waals surface area contributed by atoms with E-state index in [0.29, 0.717) is 44.8 Å². The van der Waals surface area contributed by atoms with E-state index < -0.39 is 6.36 Å². The van der Waals surface area contributed by atoms with Crippen LogP contribution in [0, 0.1) is 0 Å². The molecule has 0 unspecified atom stereocenters. The van der Waals surface area contributed by atoms with Crippen LogP contribution in [-0.4, -0.2) is 67.4 Å². The van der Waals surface area contributed by atoms with Gasteiger partial charge in [-0.2, -0.15) is 0 Å². The summed E-state index contributed by atoms with van der Waals surface area (Å²) in [5, 5.41) is 0. The monoisotopic (exact) mass is 374 g/mol. The van der Waals surface area contributed by atoms with Gasteiger partial charge in [-0.3, -0.25) is 14.5 Å². The van der Waals surface area contributed by atoms with E-state index in [1.807, 2.05) is 4.90 Å². The van der Waals surface area contributed by atoms with Crippen LogP contribution >= 0.6 is 0 Å². The van der Waals surface area contributed by atoms with Gasteiger partial charge >= 0.3 is 12.3 Å². The number of rotatable bonds is 5. The average molecular weight is 374 g/mol. The number of hydrogen-bond donors (Lipinski definition) is 0. The number of carbonyl (C=O) groups is 2. The lowest BCUT2D eigenvalue weighted by Crippen LogP contribution is -2.37. The lowest BCUT2D eigenvalue weighted by atomic mass is 10.2. The Bertz CT molecular complexity index is 619. The third kappa shape index (κ3) is 6.21. The van der Waals surface area contributed by atoms with Crippen LogP contribution in [0.15, 0.2) is 24.3 Å². The van der Waals surface area contributed by atoms with Gasteiger partial charge in [0, 0.05) is 31.7 Å². The first kappa shape index (κ1) is 20.0. The number of esters is 1. The normalized spacial score (nSPS) is 16.1. The van der Waals surface area contributed by atoms with Gasteiger partial charge in [-0.05, 0) is 37.6 Å². The number of nitrogens with zero attached hydrogens (tertiary/aromatic N) is 2. The number of hydrogen-bond acceptors (Lipinski definition) is 5. The molecular formula is C17H21F3N2O4. The average Bonchev–Trinajstić information content (AvgIpc) is 2.79. The molecule has 1 aliphatic rings. The first-order valence-electron chi connectivity index (χ1n) is 8.31. The van der Waals surface area contributed by atoms with E-state index in [1.54, 1.807) is 11.8 Å². The molecule has 0 aromatic heterocycles. The fourth-order valence-electron chi connectivity index (χ4n) is 2.70. The molecule has 1 fully saturated rings.